The second kappa shape index (κ2) is 6.69. The Labute approximate surface area is 107 Å². The van der Waals surface area contributed by atoms with Crippen molar-refractivity contribution in [2.45, 2.75) is 6.92 Å². The molecule has 0 aliphatic heterocycles. The molecule has 0 radical (unpaired) electrons. The molecule has 0 amide bonds. The Bertz CT molecular complexity index is 575. The first-order valence-corrected chi connectivity index (χ1v) is 5.40. The molecule has 0 atom stereocenters. The van der Waals surface area contributed by atoms with Crippen molar-refractivity contribution in [2.75, 3.05) is 0 Å². The molecule has 0 heterocycles. The molecule has 0 aliphatic rings. The van der Waals surface area contributed by atoms with Crippen LogP contribution in [0.15, 0.2) is 48.1 Å². The van der Waals surface area contributed by atoms with E-state index in [-0.39, 0.29) is 0 Å². The van der Waals surface area contributed by atoms with E-state index in [0.29, 0.717) is 11.1 Å². The van der Waals surface area contributed by atoms with Crippen LogP contribution in [0.25, 0.3) is 5.57 Å². The number of hydrogen-bond acceptors (Lipinski definition) is 3. The van der Waals surface area contributed by atoms with E-state index in [9.17, 15) is 0 Å². The Hall–Kier alpha value is -2.83. The average molecular weight is 233 g/mol. The molecule has 18 heavy (non-hydrogen) atoms. The Morgan fingerprint density at radius 2 is 1.72 bits per heavy atom. The van der Waals surface area contributed by atoms with E-state index < -0.39 is 5.92 Å². The van der Waals surface area contributed by atoms with Gasteiger partial charge in [0.15, 0.2) is 5.92 Å². The molecule has 0 fully saturated rings. The molecule has 0 unspecified atom stereocenters. The Kier molecular flexibility index (Phi) is 4.92. The quantitative estimate of drug-likeness (QED) is 0.594. The van der Waals surface area contributed by atoms with Gasteiger partial charge in [-0.1, -0.05) is 36.4 Å². The molecule has 0 saturated heterocycles. The summed E-state index contributed by atoms with van der Waals surface area (Å²) in [6.45, 7) is 1.79. The van der Waals surface area contributed by atoms with Crippen LogP contribution in [0, 0.1) is 39.9 Å². The summed E-state index contributed by atoms with van der Waals surface area (Å²) in [5.74, 6) is -0.946. The van der Waals surface area contributed by atoms with Crippen molar-refractivity contribution in [3.8, 4) is 18.2 Å². The second-order valence-corrected chi connectivity index (χ2v) is 3.50. The van der Waals surface area contributed by atoms with Crippen molar-refractivity contribution < 1.29 is 0 Å². The van der Waals surface area contributed by atoms with Gasteiger partial charge in [-0.15, -0.1) is 0 Å². The lowest BCUT2D eigenvalue weighted by Gasteiger charge is -2.09. The number of rotatable bonds is 3. The monoisotopic (exact) mass is 233 g/mol. The lowest BCUT2D eigenvalue weighted by Crippen LogP contribution is -2.01. The highest BCUT2D eigenvalue weighted by Crippen LogP contribution is 2.27. The lowest BCUT2D eigenvalue weighted by atomic mass is 9.90. The minimum absolute atomic E-state index is 0.344. The molecule has 1 rings (SSSR count). The van der Waals surface area contributed by atoms with Crippen LogP contribution in [-0.4, -0.2) is 0 Å². The molecule has 3 nitrogen and oxygen atoms in total. The zero-order valence-corrected chi connectivity index (χ0v) is 9.96. The van der Waals surface area contributed by atoms with Crippen LogP contribution < -0.4 is 0 Å². The van der Waals surface area contributed by atoms with Crippen molar-refractivity contribution in [1.29, 1.82) is 15.8 Å². The van der Waals surface area contributed by atoms with Gasteiger partial charge in [0.2, 0.25) is 0 Å². The summed E-state index contributed by atoms with van der Waals surface area (Å²) in [7, 11) is 0. The van der Waals surface area contributed by atoms with Crippen LogP contribution in [0.1, 0.15) is 12.5 Å². The molecule has 86 valence electrons. The zero-order valence-electron chi connectivity index (χ0n) is 9.96. The number of hydrogen-bond donors (Lipinski definition) is 0. The number of nitriles is 3. The molecule has 0 spiro atoms. The fraction of sp³-hybridized carbons (Fsp3) is 0.133. The van der Waals surface area contributed by atoms with E-state index in [1.165, 1.54) is 0 Å². The van der Waals surface area contributed by atoms with Gasteiger partial charge in [0.25, 0.3) is 0 Å². The maximum absolute atomic E-state index is 9.15. The highest BCUT2D eigenvalue weighted by Gasteiger charge is 2.18. The van der Waals surface area contributed by atoms with Gasteiger partial charge in [-0.25, -0.2) is 0 Å². The maximum Gasteiger partial charge on any atom is 0.160 e. The fourth-order valence-corrected chi connectivity index (χ4v) is 1.61. The Balaban J connectivity index is 3.53. The third kappa shape index (κ3) is 2.85. The van der Waals surface area contributed by atoms with Crippen molar-refractivity contribution in [3.63, 3.8) is 0 Å². The Morgan fingerprint density at radius 1 is 1.11 bits per heavy atom. The minimum Gasteiger partial charge on any atom is -0.196 e. The lowest BCUT2D eigenvalue weighted by molar-refractivity contribution is 1.10. The first kappa shape index (κ1) is 13.2. The van der Waals surface area contributed by atoms with Crippen LogP contribution in [-0.2, 0) is 0 Å². The fourth-order valence-electron chi connectivity index (χ4n) is 1.61. The van der Waals surface area contributed by atoms with Crippen molar-refractivity contribution >= 4 is 5.57 Å². The van der Waals surface area contributed by atoms with E-state index in [1.54, 1.807) is 31.2 Å². The van der Waals surface area contributed by atoms with E-state index >= 15 is 0 Å². The highest BCUT2D eigenvalue weighted by atomic mass is 14.3. The molecule has 1 aromatic carbocycles. The largest absolute Gasteiger partial charge is 0.196 e. The van der Waals surface area contributed by atoms with Gasteiger partial charge >= 0.3 is 0 Å². The third-order valence-corrected chi connectivity index (χ3v) is 2.38. The average Bonchev–Trinajstić information content (AvgIpc) is 2.43. The summed E-state index contributed by atoms with van der Waals surface area (Å²) in [5, 5.41) is 27.2. The summed E-state index contributed by atoms with van der Waals surface area (Å²) in [5.41, 5.74) is 1.53. The van der Waals surface area contributed by atoms with E-state index in [1.807, 2.05) is 36.4 Å². The topological polar surface area (TPSA) is 71.4 Å². The minimum atomic E-state index is -0.946. The van der Waals surface area contributed by atoms with E-state index in [0.717, 1.165) is 5.56 Å². The molecule has 0 N–H and O–H groups in total. The molecule has 0 saturated carbocycles. The van der Waals surface area contributed by atoms with Crippen molar-refractivity contribution in [2.24, 2.45) is 5.92 Å². The third-order valence-electron chi connectivity index (χ3n) is 2.38. The smallest absolute Gasteiger partial charge is 0.160 e. The van der Waals surface area contributed by atoms with Gasteiger partial charge in [0, 0.05) is 5.57 Å². The number of benzene rings is 1. The van der Waals surface area contributed by atoms with Crippen LogP contribution in [0.3, 0.4) is 0 Å². The van der Waals surface area contributed by atoms with Crippen LogP contribution in [0.2, 0.25) is 0 Å². The molecule has 0 bridgehead atoms. The van der Waals surface area contributed by atoms with Crippen LogP contribution >= 0.6 is 0 Å². The summed E-state index contributed by atoms with van der Waals surface area (Å²) in [6.07, 6.45) is 3.33. The second-order valence-electron chi connectivity index (χ2n) is 3.50. The maximum atomic E-state index is 9.15. The summed E-state index contributed by atoms with van der Waals surface area (Å²) in [6, 6.07) is 14.9. The number of nitrogens with zero attached hydrogens (tertiary/aromatic N) is 3. The standard InChI is InChI=1S/C15H11N3/c1-2-6-13(9-16)15(14(10-17)11-18)12-7-4-3-5-8-12/h2-8,14H,1H3/b6-2+,15-13-. The van der Waals surface area contributed by atoms with Crippen molar-refractivity contribution in [3.05, 3.63) is 53.6 Å². The van der Waals surface area contributed by atoms with Crippen LogP contribution in [0.5, 0.6) is 0 Å². The molecule has 1 aromatic rings. The zero-order chi connectivity index (χ0) is 13.4. The van der Waals surface area contributed by atoms with Crippen molar-refractivity contribution in [1.82, 2.24) is 0 Å². The predicted octanol–water partition coefficient (Wildman–Crippen LogP) is 3.20. The molecule has 3 heteroatoms. The van der Waals surface area contributed by atoms with Gasteiger partial charge in [-0.05, 0) is 18.6 Å². The first-order chi connectivity index (χ1) is 8.78. The SMILES string of the molecule is C/C=C/C(C#N)=C(\c1ccccc1)C(C#N)C#N. The molecular weight excluding hydrogens is 222 g/mol. The summed E-state index contributed by atoms with van der Waals surface area (Å²) < 4.78 is 0. The summed E-state index contributed by atoms with van der Waals surface area (Å²) in [4.78, 5) is 0. The van der Waals surface area contributed by atoms with Gasteiger partial charge in [0.1, 0.15) is 0 Å². The molecular formula is C15H11N3. The molecule has 0 aromatic heterocycles. The highest BCUT2D eigenvalue weighted by molar-refractivity contribution is 5.78. The van der Waals surface area contributed by atoms with Gasteiger partial charge in [0.05, 0.1) is 23.8 Å². The molecule has 0 aliphatic carbocycles. The normalized spacial score (nSPS) is 11.5. The van der Waals surface area contributed by atoms with Gasteiger partial charge in [-0.3, -0.25) is 0 Å². The Morgan fingerprint density at radius 3 is 2.17 bits per heavy atom. The van der Waals surface area contributed by atoms with Gasteiger partial charge < -0.3 is 0 Å². The van der Waals surface area contributed by atoms with Crippen LogP contribution in [0.4, 0.5) is 0 Å². The van der Waals surface area contributed by atoms with E-state index in [4.69, 9.17) is 15.8 Å². The number of allylic oxidation sites excluding steroid dienone is 4. The predicted molar refractivity (Wildman–Crippen MR) is 68.5 cm³/mol. The van der Waals surface area contributed by atoms with Gasteiger partial charge in [-0.2, -0.15) is 15.8 Å². The first-order valence-electron chi connectivity index (χ1n) is 5.40. The summed E-state index contributed by atoms with van der Waals surface area (Å²) >= 11 is 0. The van der Waals surface area contributed by atoms with E-state index in [2.05, 4.69) is 0 Å².